The molecule has 110 valence electrons. The Labute approximate surface area is 138 Å². The molecule has 0 heterocycles. The molecule has 0 bridgehead atoms. The Bertz CT molecular complexity index is 681. The highest BCUT2D eigenvalue weighted by Gasteiger charge is 2.10. The van der Waals surface area contributed by atoms with E-state index in [9.17, 15) is 9.18 Å². The van der Waals surface area contributed by atoms with Crippen LogP contribution >= 0.6 is 31.9 Å². The number of carboxylic acids is 1. The second kappa shape index (κ2) is 6.58. The van der Waals surface area contributed by atoms with Gasteiger partial charge in [0.1, 0.15) is 5.82 Å². The van der Waals surface area contributed by atoms with Crippen LogP contribution in [-0.2, 0) is 6.54 Å². The van der Waals surface area contributed by atoms with Gasteiger partial charge in [-0.1, -0.05) is 0 Å². The van der Waals surface area contributed by atoms with Crippen LogP contribution in [0.15, 0.2) is 39.3 Å². The fourth-order valence-electron chi connectivity index (χ4n) is 1.90. The topological polar surface area (TPSA) is 49.3 Å². The lowest BCUT2D eigenvalue weighted by molar-refractivity contribution is 0.0696. The van der Waals surface area contributed by atoms with Crippen molar-refractivity contribution >= 4 is 43.5 Å². The molecule has 0 aromatic heterocycles. The van der Waals surface area contributed by atoms with E-state index in [4.69, 9.17) is 5.11 Å². The molecule has 6 heteroatoms. The molecule has 2 aromatic carbocycles. The minimum atomic E-state index is -1.08. The van der Waals surface area contributed by atoms with Crippen LogP contribution in [0, 0.1) is 12.7 Å². The average molecular weight is 417 g/mol. The molecule has 0 spiro atoms. The zero-order valence-electron chi connectivity index (χ0n) is 11.1. The lowest BCUT2D eigenvalue weighted by Gasteiger charge is -2.13. The minimum absolute atomic E-state index is 0.0650. The number of carbonyl (C=O) groups is 1. The SMILES string of the molecule is Cc1cc(Br)c(NCc2cc(C(=O)O)ccc2F)c(Br)c1. The Hall–Kier alpha value is -1.40. The monoisotopic (exact) mass is 415 g/mol. The van der Waals surface area contributed by atoms with Crippen molar-refractivity contribution in [3.63, 3.8) is 0 Å². The van der Waals surface area contributed by atoms with Crippen LogP contribution in [-0.4, -0.2) is 11.1 Å². The minimum Gasteiger partial charge on any atom is -0.478 e. The van der Waals surface area contributed by atoms with Crippen molar-refractivity contribution in [3.05, 3.63) is 61.8 Å². The number of rotatable bonds is 4. The number of hydrogen-bond donors (Lipinski definition) is 2. The summed E-state index contributed by atoms with van der Waals surface area (Å²) < 4.78 is 15.4. The fourth-order valence-corrected chi connectivity index (χ4v) is 3.59. The van der Waals surface area contributed by atoms with E-state index in [1.807, 2.05) is 19.1 Å². The number of hydrogen-bond acceptors (Lipinski definition) is 2. The maximum absolute atomic E-state index is 13.7. The van der Waals surface area contributed by atoms with E-state index >= 15 is 0 Å². The molecule has 0 aliphatic carbocycles. The lowest BCUT2D eigenvalue weighted by atomic mass is 10.1. The van der Waals surface area contributed by atoms with Crippen LogP contribution in [0.1, 0.15) is 21.5 Å². The molecule has 2 N–H and O–H groups in total. The van der Waals surface area contributed by atoms with Crippen LogP contribution in [0.25, 0.3) is 0 Å². The zero-order valence-corrected chi connectivity index (χ0v) is 14.3. The van der Waals surface area contributed by atoms with Gasteiger partial charge in [0.05, 0.1) is 11.3 Å². The Morgan fingerprint density at radius 3 is 2.43 bits per heavy atom. The normalized spacial score (nSPS) is 10.5. The molecular formula is C15H12Br2FNO2. The third-order valence-corrected chi connectivity index (χ3v) is 4.19. The van der Waals surface area contributed by atoms with Crippen molar-refractivity contribution in [2.75, 3.05) is 5.32 Å². The van der Waals surface area contributed by atoms with Gasteiger partial charge >= 0.3 is 5.97 Å². The number of nitrogens with one attached hydrogen (secondary N) is 1. The molecule has 0 aliphatic heterocycles. The van der Waals surface area contributed by atoms with Gasteiger partial charge in [-0.25, -0.2) is 9.18 Å². The third kappa shape index (κ3) is 3.83. The van der Waals surface area contributed by atoms with E-state index in [0.29, 0.717) is 5.56 Å². The first-order valence-electron chi connectivity index (χ1n) is 6.09. The van der Waals surface area contributed by atoms with Crippen molar-refractivity contribution in [1.82, 2.24) is 0 Å². The number of carboxylic acid groups (broad SMARTS) is 1. The molecule has 0 atom stereocenters. The van der Waals surface area contributed by atoms with Crippen LogP contribution in [0.2, 0.25) is 0 Å². The first-order chi connectivity index (χ1) is 9.88. The van der Waals surface area contributed by atoms with E-state index in [1.165, 1.54) is 18.2 Å². The van der Waals surface area contributed by atoms with E-state index in [0.717, 1.165) is 20.2 Å². The van der Waals surface area contributed by atoms with Crippen LogP contribution in [0.4, 0.5) is 10.1 Å². The van der Waals surface area contributed by atoms with Crippen molar-refractivity contribution in [3.8, 4) is 0 Å². The summed E-state index contributed by atoms with van der Waals surface area (Å²) in [5, 5.41) is 12.1. The molecule has 2 aromatic rings. The molecule has 0 radical (unpaired) electrons. The molecule has 0 unspecified atom stereocenters. The van der Waals surface area contributed by atoms with Gasteiger partial charge in [-0.3, -0.25) is 0 Å². The van der Waals surface area contributed by atoms with E-state index < -0.39 is 11.8 Å². The Balaban J connectivity index is 2.24. The van der Waals surface area contributed by atoms with Crippen molar-refractivity contribution in [2.24, 2.45) is 0 Å². The number of benzene rings is 2. The molecular weight excluding hydrogens is 405 g/mol. The summed E-state index contributed by atoms with van der Waals surface area (Å²) in [5.41, 5.74) is 2.24. The first-order valence-corrected chi connectivity index (χ1v) is 7.68. The molecule has 0 amide bonds. The van der Waals surface area contributed by atoms with Crippen LogP contribution in [0.5, 0.6) is 0 Å². The van der Waals surface area contributed by atoms with Crippen LogP contribution < -0.4 is 5.32 Å². The summed E-state index contributed by atoms with van der Waals surface area (Å²) in [5.74, 6) is -1.51. The van der Waals surface area contributed by atoms with Crippen LogP contribution in [0.3, 0.4) is 0 Å². The molecule has 3 nitrogen and oxygen atoms in total. The van der Waals surface area contributed by atoms with E-state index in [-0.39, 0.29) is 12.1 Å². The quantitative estimate of drug-likeness (QED) is 0.739. The lowest BCUT2D eigenvalue weighted by Crippen LogP contribution is -2.06. The second-order valence-electron chi connectivity index (χ2n) is 4.57. The maximum Gasteiger partial charge on any atom is 0.335 e. The van der Waals surface area contributed by atoms with Crippen molar-refractivity contribution in [2.45, 2.75) is 13.5 Å². The Morgan fingerprint density at radius 2 is 1.86 bits per heavy atom. The molecule has 0 fully saturated rings. The summed E-state index contributed by atoms with van der Waals surface area (Å²) in [7, 11) is 0. The number of anilines is 1. The van der Waals surface area contributed by atoms with Crippen molar-refractivity contribution < 1.29 is 14.3 Å². The summed E-state index contributed by atoms with van der Waals surface area (Å²) in [6, 6.07) is 7.63. The summed E-state index contributed by atoms with van der Waals surface area (Å²) in [6.45, 7) is 2.16. The molecule has 2 rings (SSSR count). The highest BCUT2D eigenvalue weighted by Crippen LogP contribution is 2.32. The summed E-state index contributed by atoms with van der Waals surface area (Å²) in [4.78, 5) is 10.9. The van der Waals surface area contributed by atoms with Crippen molar-refractivity contribution in [1.29, 1.82) is 0 Å². The summed E-state index contributed by atoms with van der Waals surface area (Å²) in [6.07, 6.45) is 0. The van der Waals surface area contributed by atoms with Gasteiger partial charge in [0.25, 0.3) is 0 Å². The largest absolute Gasteiger partial charge is 0.478 e. The molecule has 0 saturated heterocycles. The predicted octanol–water partition coefficient (Wildman–Crippen LogP) is 4.97. The van der Waals surface area contributed by atoms with E-state index in [2.05, 4.69) is 37.2 Å². The van der Waals surface area contributed by atoms with E-state index in [1.54, 1.807) is 0 Å². The predicted molar refractivity (Wildman–Crippen MR) is 87.3 cm³/mol. The Kier molecular flexibility index (Phi) is 5.00. The summed E-state index contributed by atoms with van der Waals surface area (Å²) >= 11 is 6.89. The van der Waals surface area contributed by atoms with Gasteiger partial charge in [0.2, 0.25) is 0 Å². The average Bonchev–Trinajstić information content (AvgIpc) is 2.39. The molecule has 21 heavy (non-hydrogen) atoms. The highest BCUT2D eigenvalue weighted by atomic mass is 79.9. The van der Waals surface area contributed by atoms with Gasteiger partial charge in [0.15, 0.2) is 0 Å². The number of halogens is 3. The molecule has 0 aliphatic rings. The Morgan fingerprint density at radius 1 is 1.24 bits per heavy atom. The third-order valence-electron chi connectivity index (χ3n) is 2.93. The van der Waals surface area contributed by atoms with Gasteiger partial charge in [0, 0.05) is 21.1 Å². The molecule has 0 saturated carbocycles. The second-order valence-corrected chi connectivity index (χ2v) is 6.28. The zero-order chi connectivity index (χ0) is 15.6. The first kappa shape index (κ1) is 16.0. The highest BCUT2D eigenvalue weighted by molar-refractivity contribution is 9.11. The fraction of sp³-hybridized carbons (Fsp3) is 0.133. The smallest absolute Gasteiger partial charge is 0.335 e. The standard InChI is InChI=1S/C15H12Br2FNO2/c1-8-4-11(16)14(12(17)5-8)19-7-10-6-9(15(20)21)2-3-13(10)18/h2-6,19H,7H2,1H3,(H,20,21). The van der Waals surface area contributed by atoms with Gasteiger partial charge in [-0.2, -0.15) is 0 Å². The maximum atomic E-state index is 13.7. The number of aromatic carboxylic acids is 1. The van der Waals surface area contributed by atoms with Gasteiger partial charge < -0.3 is 10.4 Å². The van der Waals surface area contributed by atoms with Gasteiger partial charge in [-0.05, 0) is 74.7 Å². The number of aryl methyl sites for hydroxylation is 1. The van der Waals surface area contributed by atoms with Gasteiger partial charge in [-0.15, -0.1) is 0 Å².